The summed E-state index contributed by atoms with van der Waals surface area (Å²) in [5, 5.41) is 11.9. The lowest BCUT2D eigenvalue weighted by atomic mass is 10.5. The summed E-state index contributed by atoms with van der Waals surface area (Å²) in [6.07, 6.45) is 2.76. The van der Waals surface area contributed by atoms with Crippen molar-refractivity contribution in [2.75, 3.05) is 37.0 Å². The molecule has 0 saturated carbocycles. The molecule has 0 aromatic carbocycles. The predicted octanol–water partition coefficient (Wildman–Crippen LogP) is 0.727. The van der Waals surface area contributed by atoms with Crippen molar-refractivity contribution in [2.24, 2.45) is 0 Å². The van der Waals surface area contributed by atoms with E-state index < -0.39 is 0 Å². The van der Waals surface area contributed by atoms with Crippen LogP contribution in [-0.2, 0) is 0 Å². The van der Waals surface area contributed by atoms with Crippen molar-refractivity contribution in [3.63, 3.8) is 0 Å². The Morgan fingerprint density at radius 3 is 3.00 bits per heavy atom. The SMILES string of the molecule is CCCNc1nccc(N(C)CCO)n1. The van der Waals surface area contributed by atoms with E-state index >= 15 is 0 Å². The maximum atomic E-state index is 8.81. The lowest BCUT2D eigenvalue weighted by Crippen LogP contribution is -2.22. The summed E-state index contributed by atoms with van der Waals surface area (Å²) in [6, 6.07) is 1.83. The van der Waals surface area contributed by atoms with Gasteiger partial charge < -0.3 is 15.3 Å². The fourth-order valence-corrected chi connectivity index (χ4v) is 1.15. The van der Waals surface area contributed by atoms with E-state index in [9.17, 15) is 0 Å². The van der Waals surface area contributed by atoms with Gasteiger partial charge in [-0.1, -0.05) is 6.92 Å². The Kier molecular flexibility index (Phi) is 4.83. The first-order valence-electron chi connectivity index (χ1n) is 5.16. The lowest BCUT2D eigenvalue weighted by molar-refractivity contribution is 0.304. The molecule has 0 atom stereocenters. The second-order valence-electron chi connectivity index (χ2n) is 3.31. The first-order valence-corrected chi connectivity index (χ1v) is 5.16. The van der Waals surface area contributed by atoms with Crippen LogP contribution in [0, 0.1) is 0 Å². The zero-order chi connectivity index (χ0) is 11.1. The number of hydrogen-bond acceptors (Lipinski definition) is 5. The normalized spacial score (nSPS) is 10.1. The molecule has 0 aliphatic heterocycles. The number of nitrogens with one attached hydrogen (secondary N) is 1. The average Bonchev–Trinajstić information content (AvgIpc) is 2.27. The van der Waals surface area contributed by atoms with Crippen LogP contribution >= 0.6 is 0 Å². The van der Waals surface area contributed by atoms with E-state index in [1.165, 1.54) is 0 Å². The standard InChI is InChI=1S/C10H18N4O/c1-3-5-11-10-12-6-4-9(13-10)14(2)7-8-15/h4,6,15H,3,5,7-8H2,1-2H3,(H,11,12,13). The number of aliphatic hydroxyl groups is 1. The molecule has 1 rings (SSSR count). The molecule has 0 unspecified atom stereocenters. The van der Waals surface area contributed by atoms with E-state index in [0.717, 1.165) is 18.8 Å². The van der Waals surface area contributed by atoms with Crippen molar-refractivity contribution in [2.45, 2.75) is 13.3 Å². The first kappa shape index (κ1) is 11.7. The predicted molar refractivity (Wildman–Crippen MR) is 61.2 cm³/mol. The highest BCUT2D eigenvalue weighted by Gasteiger charge is 2.02. The highest BCUT2D eigenvalue weighted by atomic mass is 16.3. The average molecular weight is 210 g/mol. The third-order valence-electron chi connectivity index (χ3n) is 2.00. The van der Waals surface area contributed by atoms with Crippen LogP contribution in [0.2, 0.25) is 0 Å². The van der Waals surface area contributed by atoms with E-state index in [1.807, 2.05) is 18.0 Å². The molecule has 15 heavy (non-hydrogen) atoms. The van der Waals surface area contributed by atoms with Crippen LogP contribution in [0.25, 0.3) is 0 Å². The minimum Gasteiger partial charge on any atom is -0.395 e. The van der Waals surface area contributed by atoms with Gasteiger partial charge in [-0.05, 0) is 12.5 Å². The largest absolute Gasteiger partial charge is 0.395 e. The smallest absolute Gasteiger partial charge is 0.224 e. The summed E-state index contributed by atoms with van der Waals surface area (Å²) in [4.78, 5) is 10.3. The molecule has 0 spiro atoms. The van der Waals surface area contributed by atoms with Gasteiger partial charge in [0.05, 0.1) is 6.61 Å². The van der Waals surface area contributed by atoms with Gasteiger partial charge in [0.1, 0.15) is 5.82 Å². The van der Waals surface area contributed by atoms with Crippen molar-refractivity contribution in [3.05, 3.63) is 12.3 Å². The molecule has 0 radical (unpaired) electrons. The second-order valence-corrected chi connectivity index (χ2v) is 3.31. The number of aliphatic hydroxyl groups excluding tert-OH is 1. The highest BCUT2D eigenvalue weighted by molar-refractivity contribution is 5.41. The van der Waals surface area contributed by atoms with E-state index in [0.29, 0.717) is 12.5 Å². The Hall–Kier alpha value is -1.36. The molecule has 1 aromatic rings. The van der Waals surface area contributed by atoms with Crippen LogP contribution < -0.4 is 10.2 Å². The van der Waals surface area contributed by atoms with Gasteiger partial charge in [-0.3, -0.25) is 0 Å². The van der Waals surface area contributed by atoms with Crippen LogP contribution in [0.4, 0.5) is 11.8 Å². The molecule has 5 heteroatoms. The number of hydrogen-bond donors (Lipinski definition) is 2. The zero-order valence-electron chi connectivity index (χ0n) is 9.27. The van der Waals surface area contributed by atoms with E-state index in [1.54, 1.807) is 6.20 Å². The molecular weight excluding hydrogens is 192 g/mol. The molecule has 1 aromatic heterocycles. The second kappa shape index (κ2) is 6.19. The fourth-order valence-electron chi connectivity index (χ4n) is 1.15. The first-order chi connectivity index (χ1) is 7.27. The number of nitrogens with zero attached hydrogens (tertiary/aromatic N) is 3. The van der Waals surface area contributed by atoms with Crippen LogP contribution in [0.5, 0.6) is 0 Å². The van der Waals surface area contributed by atoms with Crippen LogP contribution in [0.15, 0.2) is 12.3 Å². The van der Waals surface area contributed by atoms with Crippen LogP contribution in [0.1, 0.15) is 13.3 Å². The Bertz CT molecular complexity index is 293. The van der Waals surface area contributed by atoms with Gasteiger partial charge in [-0.2, -0.15) is 4.98 Å². The zero-order valence-corrected chi connectivity index (χ0v) is 9.27. The summed E-state index contributed by atoms with van der Waals surface area (Å²) in [6.45, 7) is 3.66. The van der Waals surface area contributed by atoms with E-state index in [4.69, 9.17) is 5.11 Å². The molecule has 84 valence electrons. The summed E-state index contributed by atoms with van der Waals surface area (Å²) in [5.41, 5.74) is 0. The summed E-state index contributed by atoms with van der Waals surface area (Å²) >= 11 is 0. The molecule has 0 amide bonds. The summed E-state index contributed by atoms with van der Waals surface area (Å²) in [5.74, 6) is 1.46. The summed E-state index contributed by atoms with van der Waals surface area (Å²) < 4.78 is 0. The van der Waals surface area contributed by atoms with Gasteiger partial charge in [0.15, 0.2) is 0 Å². The Balaban J connectivity index is 2.64. The monoisotopic (exact) mass is 210 g/mol. The fraction of sp³-hybridized carbons (Fsp3) is 0.600. The lowest BCUT2D eigenvalue weighted by Gasteiger charge is -2.16. The molecule has 0 bridgehead atoms. The molecule has 0 saturated heterocycles. The third kappa shape index (κ3) is 3.71. The maximum absolute atomic E-state index is 8.81. The van der Waals surface area contributed by atoms with Gasteiger partial charge in [-0.25, -0.2) is 4.98 Å². The van der Waals surface area contributed by atoms with Gasteiger partial charge in [0.2, 0.25) is 5.95 Å². The molecule has 0 fully saturated rings. The molecule has 0 aliphatic rings. The quantitative estimate of drug-likeness (QED) is 0.724. The number of likely N-dealkylation sites (N-methyl/N-ethyl adjacent to an activating group) is 1. The Labute approximate surface area is 90.2 Å². The van der Waals surface area contributed by atoms with Crippen molar-refractivity contribution in [1.82, 2.24) is 9.97 Å². The van der Waals surface area contributed by atoms with Gasteiger partial charge in [0, 0.05) is 26.3 Å². The molecule has 2 N–H and O–H groups in total. The van der Waals surface area contributed by atoms with Gasteiger partial charge in [0.25, 0.3) is 0 Å². The summed E-state index contributed by atoms with van der Waals surface area (Å²) in [7, 11) is 1.89. The topological polar surface area (TPSA) is 61.3 Å². The van der Waals surface area contributed by atoms with Crippen LogP contribution in [0.3, 0.4) is 0 Å². The molecule has 5 nitrogen and oxygen atoms in total. The minimum atomic E-state index is 0.123. The van der Waals surface area contributed by atoms with Crippen molar-refractivity contribution in [1.29, 1.82) is 0 Å². The Morgan fingerprint density at radius 2 is 2.33 bits per heavy atom. The maximum Gasteiger partial charge on any atom is 0.224 e. The van der Waals surface area contributed by atoms with Crippen molar-refractivity contribution >= 4 is 11.8 Å². The van der Waals surface area contributed by atoms with Crippen molar-refractivity contribution in [3.8, 4) is 0 Å². The molecule has 0 aliphatic carbocycles. The highest BCUT2D eigenvalue weighted by Crippen LogP contribution is 2.09. The number of rotatable bonds is 6. The number of anilines is 2. The third-order valence-corrected chi connectivity index (χ3v) is 2.00. The number of aromatic nitrogens is 2. The minimum absolute atomic E-state index is 0.123. The van der Waals surface area contributed by atoms with E-state index in [2.05, 4.69) is 22.2 Å². The van der Waals surface area contributed by atoms with Gasteiger partial charge in [-0.15, -0.1) is 0 Å². The van der Waals surface area contributed by atoms with Gasteiger partial charge >= 0.3 is 0 Å². The van der Waals surface area contributed by atoms with Crippen LogP contribution in [-0.4, -0.2) is 41.8 Å². The van der Waals surface area contributed by atoms with Crippen molar-refractivity contribution < 1.29 is 5.11 Å². The molecular formula is C10H18N4O. The molecule has 1 heterocycles. The Morgan fingerprint density at radius 1 is 1.53 bits per heavy atom. The van der Waals surface area contributed by atoms with E-state index in [-0.39, 0.29) is 6.61 Å².